The maximum Gasteiger partial charge on any atom is 0.157 e. The minimum Gasteiger partial charge on any atom is -0.339 e. The number of anilines is 4. The van der Waals surface area contributed by atoms with Gasteiger partial charge in [-0.15, -0.1) is 0 Å². The first-order chi connectivity index (χ1) is 10.6. The molecule has 0 bridgehead atoms. The van der Waals surface area contributed by atoms with Crippen molar-refractivity contribution in [2.45, 2.75) is 12.8 Å². The van der Waals surface area contributed by atoms with Crippen LogP contribution in [0.2, 0.25) is 0 Å². The summed E-state index contributed by atoms with van der Waals surface area (Å²) in [5.41, 5.74) is 3.54. The Kier molecular flexibility index (Phi) is 3.98. The van der Waals surface area contributed by atoms with Crippen molar-refractivity contribution < 1.29 is 0 Å². The molecule has 2 aromatic rings. The maximum absolute atomic E-state index is 4.68. The summed E-state index contributed by atoms with van der Waals surface area (Å²) in [5, 5.41) is 0. The third-order valence-corrected chi connectivity index (χ3v) is 4.10. The van der Waals surface area contributed by atoms with E-state index in [1.54, 1.807) is 0 Å². The average Bonchev–Trinajstić information content (AvgIpc) is 2.52. The normalized spacial score (nSPS) is 13.3. The largest absolute Gasteiger partial charge is 0.339 e. The highest BCUT2D eigenvalue weighted by Gasteiger charge is 2.26. The Morgan fingerprint density at radius 1 is 1.05 bits per heavy atom. The molecule has 0 spiro atoms. The smallest absolute Gasteiger partial charge is 0.157 e. The molecule has 0 unspecified atom stereocenters. The van der Waals surface area contributed by atoms with E-state index >= 15 is 0 Å². The third kappa shape index (κ3) is 2.64. The fraction of sp³-hybridized carbons (Fsp3) is 0.412. The Hall–Kier alpha value is -2.14. The molecule has 116 valence electrons. The van der Waals surface area contributed by atoms with Crippen LogP contribution in [0, 0.1) is 0 Å². The van der Waals surface area contributed by atoms with Gasteiger partial charge in [0.05, 0.1) is 11.4 Å². The molecule has 0 saturated heterocycles. The molecule has 0 aliphatic carbocycles. The Bertz CT molecular complexity index is 668. The highest BCUT2D eigenvalue weighted by molar-refractivity contribution is 5.88. The summed E-state index contributed by atoms with van der Waals surface area (Å²) >= 11 is 0. The van der Waals surface area contributed by atoms with Crippen LogP contribution < -0.4 is 9.80 Å². The second-order valence-electron chi connectivity index (χ2n) is 6.06. The number of aryl methyl sites for hydroxylation is 1. The van der Waals surface area contributed by atoms with Gasteiger partial charge in [0.15, 0.2) is 11.6 Å². The predicted molar refractivity (Wildman–Crippen MR) is 91.5 cm³/mol. The minimum atomic E-state index is 0.949. The van der Waals surface area contributed by atoms with Crippen molar-refractivity contribution >= 4 is 23.0 Å². The number of rotatable bonds is 4. The van der Waals surface area contributed by atoms with Gasteiger partial charge in [-0.3, -0.25) is 0 Å². The lowest BCUT2D eigenvalue weighted by Gasteiger charge is -2.34. The van der Waals surface area contributed by atoms with Crippen LogP contribution in [-0.2, 0) is 6.42 Å². The van der Waals surface area contributed by atoms with E-state index in [2.05, 4.69) is 57.9 Å². The molecular formula is C17H23N5. The Morgan fingerprint density at radius 3 is 2.59 bits per heavy atom. The van der Waals surface area contributed by atoms with Crippen molar-refractivity contribution in [2.75, 3.05) is 44.5 Å². The fourth-order valence-corrected chi connectivity index (χ4v) is 2.87. The third-order valence-electron chi connectivity index (χ3n) is 4.10. The second kappa shape index (κ2) is 5.93. The van der Waals surface area contributed by atoms with Crippen molar-refractivity contribution in [1.29, 1.82) is 0 Å². The monoisotopic (exact) mass is 297 g/mol. The van der Waals surface area contributed by atoms with Gasteiger partial charge in [-0.05, 0) is 57.2 Å². The van der Waals surface area contributed by atoms with E-state index in [4.69, 9.17) is 0 Å². The molecule has 0 aromatic carbocycles. The standard InChI is InChI=1S/C17H23N5/c1-20(2)10-6-7-13-11-15-17(19-12-13)22(4)16-14(21(15)3)8-5-9-18-16/h5,8-9,11-12H,6-7,10H2,1-4H3. The molecule has 0 fully saturated rings. The van der Waals surface area contributed by atoms with E-state index in [1.807, 2.05) is 25.5 Å². The van der Waals surface area contributed by atoms with Gasteiger partial charge < -0.3 is 14.7 Å². The average molecular weight is 297 g/mol. The molecular weight excluding hydrogens is 274 g/mol. The second-order valence-corrected chi connectivity index (χ2v) is 6.06. The molecule has 0 radical (unpaired) electrons. The quantitative estimate of drug-likeness (QED) is 0.867. The van der Waals surface area contributed by atoms with E-state index < -0.39 is 0 Å². The molecule has 0 N–H and O–H groups in total. The summed E-state index contributed by atoms with van der Waals surface area (Å²) in [6.07, 6.45) is 6.01. The van der Waals surface area contributed by atoms with Gasteiger partial charge in [0.25, 0.3) is 0 Å². The van der Waals surface area contributed by atoms with Gasteiger partial charge in [0, 0.05) is 26.5 Å². The number of aromatic nitrogens is 2. The lowest BCUT2D eigenvalue weighted by molar-refractivity contribution is 0.400. The maximum atomic E-state index is 4.68. The first-order valence-electron chi connectivity index (χ1n) is 7.64. The van der Waals surface area contributed by atoms with Gasteiger partial charge in [-0.25, -0.2) is 9.97 Å². The SMILES string of the molecule is CN(C)CCCc1cnc2c(c1)N(C)c1cccnc1N2C. The van der Waals surface area contributed by atoms with E-state index in [-0.39, 0.29) is 0 Å². The Labute approximate surface area is 132 Å². The first kappa shape index (κ1) is 14.8. The van der Waals surface area contributed by atoms with Gasteiger partial charge in [-0.2, -0.15) is 0 Å². The summed E-state index contributed by atoms with van der Waals surface area (Å²) in [5.74, 6) is 1.91. The predicted octanol–water partition coefficient (Wildman–Crippen LogP) is 2.82. The minimum absolute atomic E-state index is 0.949. The van der Waals surface area contributed by atoms with Crippen LogP contribution in [-0.4, -0.2) is 49.6 Å². The van der Waals surface area contributed by atoms with Crippen LogP contribution in [0.25, 0.3) is 0 Å². The topological polar surface area (TPSA) is 35.5 Å². The van der Waals surface area contributed by atoms with E-state index in [0.29, 0.717) is 0 Å². The highest BCUT2D eigenvalue weighted by Crippen LogP contribution is 2.43. The molecule has 2 aromatic heterocycles. The summed E-state index contributed by atoms with van der Waals surface area (Å²) in [6.45, 7) is 1.10. The molecule has 3 rings (SSSR count). The van der Waals surface area contributed by atoms with Gasteiger partial charge in [-0.1, -0.05) is 0 Å². The highest BCUT2D eigenvalue weighted by atomic mass is 15.3. The van der Waals surface area contributed by atoms with E-state index in [9.17, 15) is 0 Å². The summed E-state index contributed by atoms with van der Waals surface area (Å²) in [6, 6.07) is 6.33. The van der Waals surface area contributed by atoms with Gasteiger partial charge in [0.2, 0.25) is 0 Å². The number of fused-ring (bicyclic) bond motifs is 2. The van der Waals surface area contributed by atoms with Gasteiger partial charge in [0.1, 0.15) is 0 Å². The molecule has 22 heavy (non-hydrogen) atoms. The van der Waals surface area contributed by atoms with Crippen LogP contribution >= 0.6 is 0 Å². The van der Waals surface area contributed by atoms with Crippen molar-refractivity contribution in [3.8, 4) is 0 Å². The van der Waals surface area contributed by atoms with Crippen molar-refractivity contribution in [3.05, 3.63) is 36.2 Å². The van der Waals surface area contributed by atoms with Crippen LogP contribution in [0.1, 0.15) is 12.0 Å². The molecule has 0 atom stereocenters. The number of nitrogens with zero attached hydrogens (tertiary/aromatic N) is 5. The van der Waals surface area contributed by atoms with E-state index in [1.165, 1.54) is 5.56 Å². The number of hydrogen-bond donors (Lipinski definition) is 0. The number of pyridine rings is 2. The van der Waals surface area contributed by atoms with Crippen LogP contribution in [0.5, 0.6) is 0 Å². The summed E-state index contributed by atoms with van der Waals surface area (Å²) in [4.78, 5) is 15.6. The molecule has 1 aliphatic rings. The lowest BCUT2D eigenvalue weighted by Crippen LogP contribution is -2.26. The van der Waals surface area contributed by atoms with Crippen LogP contribution in [0.15, 0.2) is 30.6 Å². The number of hydrogen-bond acceptors (Lipinski definition) is 5. The molecule has 0 saturated carbocycles. The fourth-order valence-electron chi connectivity index (χ4n) is 2.87. The van der Waals surface area contributed by atoms with Crippen molar-refractivity contribution in [3.63, 3.8) is 0 Å². The van der Waals surface area contributed by atoms with E-state index in [0.717, 1.165) is 42.4 Å². The molecule has 5 nitrogen and oxygen atoms in total. The van der Waals surface area contributed by atoms with Crippen LogP contribution in [0.4, 0.5) is 23.0 Å². The summed E-state index contributed by atoms with van der Waals surface area (Å²) in [7, 11) is 8.32. The molecule has 5 heteroatoms. The van der Waals surface area contributed by atoms with Gasteiger partial charge >= 0.3 is 0 Å². The molecule has 1 aliphatic heterocycles. The summed E-state index contributed by atoms with van der Waals surface area (Å²) < 4.78 is 0. The molecule has 3 heterocycles. The first-order valence-corrected chi connectivity index (χ1v) is 7.64. The zero-order valence-corrected chi connectivity index (χ0v) is 13.7. The van der Waals surface area contributed by atoms with Crippen molar-refractivity contribution in [2.24, 2.45) is 0 Å². The zero-order valence-electron chi connectivity index (χ0n) is 13.7. The Balaban J connectivity index is 1.89. The van der Waals surface area contributed by atoms with Crippen molar-refractivity contribution in [1.82, 2.24) is 14.9 Å². The Morgan fingerprint density at radius 2 is 1.82 bits per heavy atom. The van der Waals surface area contributed by atoms with Crippen LogP contribution in [0.3, 0.4) is 0 Å². The molecule has 0 amide bonds. The lowest BCUT2D eigenvalue weighted by atomic mass is 10.1. The zero-order chi connectivity index (χ0) is 15.7.